The highest BCUT2D eigenvalue weighted by atomic mass is 16.6. The van der Waals surface area contributed by atoms with Gasteiger partial charge in [-0.2, -0.15) is 0 Å². The number of aryl methyl sites for hydroxylation is 1. The maximum absolute atomic E-state index is 11.4. The molecule has 0 aromatic heterocycles. The van der Waals surface area contributed by atoms with E-state index in [2.05, 4.69) is 13.8 Å². The molecule has 0 aliphatic carbocycles. The van der Waals surface area contributed by atoms with E-state index in [1.165, 1.54) is 13.2 Å². The number of nitro benzene ring substituents is 2. The molecular weight excluding hydrogens is 312 g/mol. The average Bonchev–Trinajstić information content (AvgIpc) is 2.54. The molecule has 0 saturated heterocycles. The molecular formula is C17H26N2O5. The van der Waals surface area contributed by atoms with Crippen molar-refractivity contribution in [1.82, 2.24) is 0 Å². The lowest BCUT2D eigenvalue weighted by atomic mass is 9.94. The molecule has 0 spiro atoms. The number of rotatable bonds is 11. The van der Waals surface area contributed by atoms with Gasteiger partial charge in [0.2, 0.25) is 5.75 Å². The van der Waals surface area contributed by atoms with Crippen LogP contribution < -0.4 is 4.74 Å². The molecule has 1 aromatic carbocycles. The topological polar surface area (TPSA) is 95.5 Å². The number of unbranched alkanes of at least 4 members (excludes halogenated alkanes) is 4. The highest BCUT2D eigenvalue weighted by Crippen LogP contribution is 2.42. The summed E-state index contributed by atoms with van der Waals surface area (Å²) in [6.45, 7) is 4.17. The number of nitro groups is 2. The maximum Gasteiger partial charge on any atom is 0.387 e. The molecule has 0 atom stereocenters. The zero-order chi connectivity index (χ0) is 18.1. The first-order valence-corrected chi connectivity index (χ1v) is 8.49. The lowest BCUT2D eigenvalue weighted by Gasteiger charge is -2.14. The first-order chi connectivity index (χ1) is 11.5. The van der Waals surface area contributed by atoms with Gasteiger partial charge in [0.25, 0.3) is 0 Å². The Morgan fingerprint density at radius 2 is 1.54 bits per heavy atom. The lowest BCUT2D eigenvalue weighted by molar-refractivity contribution is -0.423. The van der Waals surface area contributed by atoms with Gasteiger partial charge in [0.15, 0.2) is 0 Å². The molecule has 0 N–H and O–H groups in total. The number of hydrogen-bond donors (Lipinski definition) is 0. The van der Waals surface area contributed by atoms with E-state index in [4.69, 9.17) is 4.74 Å². The van der Waals surface area contributed by atoms with Gasteiger partial charge in [-0.05, 0) is 31.2 Å². The third-order valence-electron chi connectivity index (χ3n) is 4.09. The second kappa shape index (κ2) is 9.85. The number of hydrogen-bond acceptors (Lipinski definition) is 5. The fourth-order valence-electron chi connectivity index (χ4n) is 2.88. The van der Waals surface area contributed by atoms with Crippen LogP contribution in [0, 0.1) is 20.2 Å². The van der Waals surface area contributed by atoms with Crippen LogP contribution in [0.15, 0.2) is 6.07 Å². The van der Waals surface area contributed by atoms with Crippen molar-refractivity contribution in [2.75, 3.05) is 7.11 Å². The minimum atomic E-state index is -0.712. The summed E-state index contributed by atoms with van der Waals surface area (Å²) in [6, 6.07) is 1.37. The number of methoxy groups -OCH3 is 1. The largest absolute Gasteiger partial charge is 0.490 e. The normalized spacial score (nSPS) is 10.6. The molecule has 0 unspecified atom stereocenters. The quantitative estimate of drug-likeness (QED) is 0.322. The summed E-state index contributed by atoms with van der Waals surface area (Å²) >= 11 is 0. The third kappa shape index (κ3) is 4.91. The summed E-state index contributed by atoms with van der Waals surface area (Å²) in [5.41, 5.74) is 0.531. The van der Waals surface area contributed by atoms with Gasteiger partial charge in [-0.25, -0.2) is 0 Å². The summed E-state index contributed by atoms with van der Waals surface area (Å²) < 4.78 is 5.26. The van der Waals surface area contributed by atoms with E-state index >= 15 is 0 Å². The molecule has 0 aliphatic rings. The first-order valence-electron chi connectivity index (χ1n) is 8.49. The van der Waals surface area contributed by atoms with Crippen molar-refractivity contribution in [2.45, 2.75) is 65.2 Å². The van der Waals surface area contributed by atoms with Crippen molar-refractivity contribution in [1.29, 1.82) is 0 Å². The highest BCUT2D eigenvalue weighted by Gasteiger charge is 2.33. The molecule has 7 nitrogen and oxygen atoms in total. The van der Waals surface area contributed by atoms with Gasteiger partial charge in [-0.15, -0.1) is 0 Å². The molecule has 0 radical (unpaired) electrons. The Balaban J connectivity index is 3.43. The van der Waals surface area contributed by atoms with Crippen molar-refractivity contribution < 1.29 is 14.6 Å². The average molecular weight is 338 g/mol. The summed E-state index contributed by atoms with van der Waals surface area (Å²) in [5, 5.41) is 22.7. The minimum Gasteiger partial charge on any atom is -0.490 e. The van der Waals surface area contributed by atoms with Crippen molar-refractivity contribution in [3.63, 3.8) is 0 Å². The number of nitrogens with zero attached hydrogens (tertiary/aromatic N) is 2. The van der Waals surface area contributed by atoms with Gasteiger partial charge >= 0.3 is 11.4 Å². The summed E-state index contributed by atoms with van der Waals surface area (Å²) in [7, 11) is 1.34. The van der Waals surface area contributed by atoms with Crippen molar-refractivity contribution in [2.24, 2.45) is 0 Å². The Labute approximate surface area is 142 Å². The number of ether oxygens (including phenoxy) is 1. The van der Waals surface area contributed by atoms with Gasteiger partial charge in [0, 0.05) is 11.6 Å². The maximum atomic E-state index is 11.4. The Hall–Kier alpha value is -2.18. The first kappa shape index (κ1) is 19.9. The van der Waals surface area contributed by atoms with Crippen LogP contribution in [0.4, 0.5) is 11.4 Å². The molecule has 1 aromatic rings. The highest BCUT2D eigenvalue weighted by molar-refractivity contribution is 5.67. The van der Waals surface area contributed by atoms with Crippen LogP contribution in [-0.2, 0) is 12.8 Å². The van der Waals surface area contributed by atoms with E-state index in [1.54, 1.807) is 0 Å². The fourth-order valence-corrected chi connectivity index (χ4v) is 2.88. The Kier molecular flexibility index (Phi) is 8.15. The number of benzene rings is 1. The van der Waals surface area contributed by atoms with Crippen LogP contribution >= 0.6 is 0 Å². The molecule has 0 bridgehead atoms. The SMILES string of the molecule is CCCCCc1cc([N+](=O)[O-])c([N+](=O)[O-])c(OC)c1CCCCC. The van der Waals surface area contributed by atoms with Crippen LogP contribution in [0.5, 0.6) is 5.75 Å². The predicted molar refractivity (Wildman–Crippen MR) is 92.8 cm³/mol. The minimum absolute atomic E-state index is 0.0526. The van der Waals surface area contributed by atoms with E-state index in [9.17, 15) is 20.2 Å². The summed E-state index contributed by atoms with van der Waals surface area (Å²) in [5.74, 6) is 0.0526. The summed E-state index contributed by atoms with van der Waals surface area (Å²) in [6.07, 6.45) is 7.17. The molecule has 1 rings (SSSR count). The molecule has 0 fully saturated rings. The molecule has 0 saturated carbocycles. The fraction of sp³-hybridized carbons (Fsp3) is 0.647. The van der Waals surface area contributed by atoms with Crippen LogP contribution in [0.3, 0.4) is 0 Å². The zero-order valence-corrected chi connectivity index (χ0v) is 14.7. The molecule has 0 heterocycles. The van der Waals surface area contributed by atoms with Gasteiger partial charge in [0.1, 0.15) is 0 Å². The second-order valence-electron chi connectivity index (χ2n) is 5.84. The van der Waals surface area contributed by atoms with E-state index in [1.807, 2.05) is 0 Å². The molecule has 24 heavy (non-hydrogen) atoms. The monoisotopic (exact) mass is 338 g/mol. The third-order valence-corrected chi connectivity index (χ3v) is 4.09. The Morgan fingerprint density at radius 1 is 0.958 bits per heavy atom. The molecule has 134 valence electrons. The molecule has 7 heteroatoms. The van der Waals surface area contributed by atoms with Crippen LogP contribution in [0.2, 0.25) is 0 Å². The van der Waals surface area contributed by atoms with Gasteiger partial charge in [-0.3, -0.25) is 20.2 Å². The lowest BCUT2D eigenvalue weighted by Crippen LogP contribution is -2.07. The van der Waals surface area contributed by atoms with Crippen molar-refractivity contribution in [3.05, 3.63) is 37.4 Å². The molecule has 0 aliphatic heterocycles. The predicted octanol–water partition coefficient (Wildman–Crippen LogP) is 4.98. The van der Waals surface area contributed by atoms with Crippen LogP contribution in [0.1, 0.15) is 63.5 Å². The van der Waals surface area contributed by atoms with Crippen LogP contribution in [0.25, 0.3) is 0 Å². The summed E-state index contributed by atoms with van der Waals surface area (Å²) in [4.78, 5) is 21.3. The van der Waals surface area contributed by atoms with Crippen molar-refractivity contribution >= 4 is 11.4 Å². The van der Waals surface area contributed by atoms with Gasteiger partial charge in [0.05, 0.1) is 17.0 Å². The standard InChI is InChI=1S/C17H26N2O5/c1-4-6-8-10-13-12-15(18(20)21)16(19(22)23)17(24-3)14(13)11-9-7-5-2/h12H,4-11H2,1-3H3. The van der Waals surface area contributed by atoms with Gasteiger partial charge < -0.3 is 4.74 Å². The van der Waals surface area contributed by atoms with Crippen LogP contribution in [-0.4, -0.2) is 17.0 Å². The second-order valence-corrected chi connectivity index (χ2v) is 5.84. The van der Waals surface area contributed by atoms with Gasteiger partial charge in [-0.1, -0.05) is 39.5 Å². The Bertz CT molecular complexity index is 587. The van der Waals surface area contributed by atoms with E-state index in [0.29, 0.717) is 12.8 Å². The zero-order valence-electron chi connectivity index (χ0n) is 14.7. The molecule has 0 amide bonds. The Morgan fingerprint density at radius 3 is 2.00 bits per heavy atom. The van der Waals surface area contributed by atoms with E-state index in [-0.39, 0.29) is 5.75 Å². The van der Waals surface area contributed by atoms with Crippen molar-refractivity contribution in [3.8, 4) is 5.75 Å². The van der Waals surface area contributed by atoms with E-state index < -0.39 is 21.2 Å². The smallest absolute Gasteiger partial charge is 0.387 e. The van der Waals surface area contributed by atoms with E-state index in [0.717, 1.165) is 49.7 Å².